The number of rotatable bonds is 15. The van der Waals surface area contributed by atoms with Crippen molar-refractivity contribution in [3.8, 4) is 28.4 Å². The fraction of sp³-hybridized carbons (Fsp3) is 0.321. The number of carbonyl (C=O) groups excluding carboxylic acids is 1. The molecule has 0 aliphatic carbocycles. The van der Waals surface area contributed by atoms with Crippen LogP contribution in [0.5, 0.6) is 17.2 Å². The number of hydrogen-bond donors (Lipinski definition) is 2. The highest BCUT2D eigenvalue weighted by Gasteiger charge is 2.12. The minimum absolute atomic E-state index is 0.0539. The maximum Gasteiger partial charge on any atom is 0.333 e. The molecule has 0 amide bonds. The summed E-state index contributed by atoms with van der Waals surface area (Å²) >= 11 is 0. The second kappa shape index (κ2) is 14.1. The normalized spacial score (nSPS) is 12.2. The largest absolute Gasteiger partial charge is 0.487 e. The van der Waals surface area contributed by atoms with Gasteiger partial charge in [0.1, 0.15) is 25.6 Å². The molecule has 0 aromatic heterocycles. The fourth-order valence-electron chi connectivity index (χ4n) is 2.74. The second-order valence-corrected chi connectivity index (χ2v) is 8.19. The maximum atomic E-state index is 11.5. The van der Waals surface area contributed by atoms with Crippen LogP contribution in [0.1, 0.15) is 20.8 Å². The van der Waals surface area contributed by atoms with E-state index in [4.69, 9.17) is 23.7 Å². The Bertz CT molecular complexity index is 1060. The second-order valence-electron chi connectivity index (χ2n) is 8.19. The summed E-state index contributed by atoms with van der Waals surface area (Å²) in [6.45, 7) is 16.2. The van der Waals surface area contributed by atoms with Crippen molar-refractivity contribution < 1.29 is 38.7 Å². The molecular weight excluding hydrogens is 464 g/mol. The average Bonchev–Trinajstić information content (AvgIpc) is 2.84. The third kappa shape index (κ3) is 9.22. The highest BCUT2D eigenvalue weighted by molar-refractivity contribution is 5.86. The summed E-state index contributed by atoms with van der Waals surface area (Å²) in [4.78, 5) is 11.5. The molecule has 2 aromatic carbocycles. The topological polar surface area (TPSA) is 104 Å². The first-order valence-corrected chi connectivity index (χ1v) is 11.4. The van der Waals surface area contributed by atoms with Gasteiger partial charge in [0.15, 0.2) is 17.8 Å². The van der Waals surface area contributed by atoms with Crippen LogP contribution in [0, 0.1) is 0 Å². The van der Waals surface area contributed by atoms with Crippen molar-refractivity contribution >= 4 is 5.97 Å². The molecule has 0 radical (unpaired) electrons. The van der Waals surface area contributed by atoms with E-state index in [1.807, 2.05) is 24.3 Å². The summed E-state index contributed by atoms with van der Waals surface area (Å²) in [6, 6.07) is 12.6. The molecule has 0 aliphatic rings. The third-order valence-electron chi connectivity index (χ3n) is 4.76. The van der Waals surface area contributed by atoms with Crippen LogP contribution >= 0.6 is 0 Å². The van der Waals surface area contributed by atoms with Gasteiger partial charge in [-0.15, -0.1) is 0 Å². The van der Waals surface area contributed by atoms with Crippen LogP contribution in [-0.4, -0.2) is 55.2 Å². The standard InChI is InChI=1S/C28H34O8/c1-18(2)26(29)34-15-13-32-24-12-9-22(17-25(24)33-14-16-35-27(30)19(3)4)21-7-10-23(11-8-21)36-28(31)20(5)6/h7-12,17,27-28,30-31H,1,3,5,13-16H2,2,4,6H3. The summed E-state index contributed by atoms with van der Waals surface area (Å²) < 4.78 is 27.4. The van der Waals surface area contributed by atoms with Crippen molar-refractivity contribution in [1.29, 1.82) is 0 Å². The van der Waals surface area contributed by atoms with E-state index in [-0.39, 0.29) is 26.4 Å². The summed E-state index contributed by atoms with van der Waals surface area (Å²) in [5.74, 6) is 0.922. The van der Waals surface area contributed by atoms with E-state index in [1.165, 1.54) is 0 Å². The van der Waals surface area contributed by atoms with E-state index in [0.717, 1.165) is 11.1 Å². The van der Waals surface area contributed by atoms with Gasteiger partial charge in [-0.05, 0) is 67.3 Å². The van der Waals surface area contributed by atoms with E-state index in [0.29, 0.717) is 34.0 Å². The molecule has 8 heteroatoms. The lowest BCUT2D eigenvalue weighted by atomic mass is 10.0. The molecule has 8 nitrogen and oxygen atoms in total. The van der Waals surface area contributed by atoms with E-state index in [1.54, 1.807) is 39.0 Å². The molecule has 2 atom stereocenters. The number of esters is 1. The molecule has 2 rings (SSSR count). The highest BCUT2D eigenvalue weighted by atomic mass is 16.6. The maximum absolute atomic E-state index is 11.5. The van der Waals surface area contributed by atoms with Gasteiger partial charge >= 0.3 is 5.97 Å². The van der Waals surface area contributed by atoms with Crippen LogP contribution in [0.25, 0.3) is 11.1 Å². The van der Waals surface area contributed by atoms with Crippen LogP contribution in [0.4, 0.5) is 0 Å². The molecule has 194 valence electrons. The van der Waals surface area contributed by atoms with Gasteiger partial charge in [-0.25, -0.2) is 4.79 Å². The Kier molecular flexibility index (Phi) is 11.2. The van der Waals surface area contributed by atoms with Gasteiger partial charge in [0.2, 0.25) is 6.29 Å². The monoisotopic (exact) mass is 498 g/mol. The summed E-state index contributed by atoms with van der Waals surface area (Å²) in [5, 5.41) is 19.6. The van der Waals surface area contributed by atoms with Gasteiger partial charge in [0.25, 0.3) is 0 Å². The number of aliphatic hydroxyl groups is 2. The first kappa shape index (κ1) is 28.6. The summed E-state index contributed by atoms with van der Waals surface area (Å²) in [7, 11) is 0. The smallest absolute Gasteiger partial charge is 0.333 e. The predicted molar refractivity (Wildman–Crippen MR) is 137 cm³/mol. The average molecular weight is 499 g/mol. The number of benzene rings is 2. The molecular formula is C28H34O8. The number of aliphatic hydroxyl groups excluding tert-OH is 2. The van der Waals surface area contributed by atoms with E-state index < -0.39 is 18.5 Å². The molecule has 0 saturated carbocycles. The fourth-order valence-corrected chi connectivity index (χ4v) is 2.74. The van der Waals surface area contributed by atoms with Crippen LogP contribution in [-0.2, 0) is 14.3 Å². The van der Waals surface area contributed by atoms with Gasteiger partial charge < -0.3 is 33.9 Å². The summed E-state index contributed by atoms with van der Waals surface area (Å²) in [6.07, 6.45) is -2.14. The number of hydrogen-bond acceptors (Lipinski definition) is 8. The van der Waals surface area contributed by atoms with Gasteiger partial charge in [0, 0.05) is 5.57 Å². The summed E-state index contributed by atoms with van der Waals surface area (Å²) in [5.41, 5.74) is 3.04. The van der Waals surface area contributed by atoms with Crippen molar-refractivity contribution in [2.24, 2.45) is 0 Å². The van der Waals surface area contributed by atoms with Crippen LogP contribution in [0.3, 0.4) is 0 Å². The lowest BCUT2D eigenvalue weighted by Crippen LogP contribution is -2.17. The zero-order valence-corrected chi connectivity index (χ0v) is 21.0. The molecule has 36 heavy (non-hydrogen) atoms. The molecule has 2 aromatic rings. The lowest BCUT2D eigenvalue weighted by Gasteiger charge is -2.16. The van der Waals surface area contributed by atoms with Crippen molar-refractivity contribution in [1.82, 2.24) is 0 Å². The van der Waals surface area contributed by atoms with Gasteiger partial charge in [0.05, 0.1) is 6.61 Å². The quantitative estimate of drug-likeness (QED) is 0.122. The van der Waals surface area contributed by atoms with Gasteiger partial charge in [-0.2, -0.15) is 0 Å². The van der Waals surface area contributed by atoms with E-state index in [9.17, 15) is 15.0 Å². The first-order chi connectivity index (χ1) is 17.1. The van der Waals surface area contributed by atoms with E-state index in [2.05, 4.69) is 19.7 Å². The SMILES string of the molecule is C=C(C)C(=O)OCCOc1ccc(-c2ccc(OC(O)C(=C)C)cc2)cc1OCCOC(O)C(=C)C. The zero-order valence-electron chi connectivity index (χ0n) is 21.0. The van der Waals surface area contributed by atoms with Crippen molar-refractivity contribution in [2.45, 2.75) is 33.4 Å². The molecule has 0 aliphatic heterocycles. The van der Waals surface area contributed by atoms with Crippen LogP contribution in [0.2, 0.25) is 0 Å². The molecule has 0 fully saturated rings. The molecule has 2 N–H and O–H groups in total. The third-order valence-corrected chi connectivity index (χ3v) is 4.76. The number of ether oxygens (including phenoxy) is 5. The minimum Gasteiger partial charge on any atom is -0.487 e. The zero-order chi connectivity index (χ0) is 26.7. The van der Waals surface area contributed by atoms with E-state index >= 15 is 0 Å². The van der Waals surface area contributed by atoms with Gasteiger partial charge in [-0.3, -0.25) is 0 Å². The lowest BCUT2D eigenvalue weighted by molar-refractivity contribution is -0.139. The first-order valence-electron chi connectivity index (χ1n) is 11.4. The molecule has 0 bridgehead atoms. The van der Waals surface area contributed by atoms with Crippen molar-refractivity contribution in [3.63, 3.8) is 0 Å². The van der Waals surface area contributed by atoms with Gasteiger partial charge in [-0.1, -0.05) is 37.9 Å². The Balaban J connectivity index is 2.12. The van der Waals surface area contributed by atoms with Crippen LogP contribution in [0.15, 0.2) is 78.9 Å². The Morgan fingerprint density at radius 1 is 0.778 bits per heavy atom. The highest BCUT2D eigenvalue weighted by Crippen LogP contribution is 2.33. The Labute approximate surface area is 212 Å². The molecule has 0 saturated heterocycles. The molecule has 0 heterocycles. The Hall–Kier alpha value is -3.59. The Morgan fingerprint density at radius 2 is 1.36 bits per heavy atom. The van der Waals surface area contributed by atoms with Crippen LogP contribution < -0.4 is 14.2 Å². The molecule has 2 unspecified atom stereocenters. The predicted octanol–water partition coefficient (Wildman–Crippen LogP) is 4.41. The number of carbonyl (C=O) groups is 1. The minimum atomic E-state index is -1.08. The van der Waals surface area contributed by atoms with Crippen molar-refractivity contribution in [3.05, 3.63) is 78.9 Å². The van der Waals surface area contributed by atoms with Crippen molar-refractivity contribution in [2.75, 3.05) is 26.4 Å². The Morgan fingerprint density at radius 3 is 1.97 bits per heavy atom. The molecule has 0 spiro atoms.